The van der Waals surface area contributed by atoms with Crippen molar-refractivity contribution in [2.75, 3.05) is 64.4 Å². The molecule has 8 heteroatoms. The highest BCUT2D eigenvalue weighted by Crippen LogP contribution is 2.25. The summed E-state index contributed by atoms with van der Waals surface area (Å²) in [5, 5.41) is 7.72. The third-order valence-corrected chi connectivity index (χ3v) is 5.38. The summed E-state index contributed by atoms with van der Waals surface area (Å²) in [6, 6.07) is 4.09. The molecular weight excluding hydrogens is 364 g/mol. The van der Waals surface area contributed by atoms with Gasteiger partial charge >= 0.3 is 0 Å². The summed E-state index contributed by atoms with van der Waals surface area (Å²) in [5.41, 5.74) is 0. The molecule has 150 valence electrons. The van der Waals surface area contributed by atoms with Crippen molar-refractivity contribution in [1.29, 1.82) is 0 Å². The number of ether oxygens (including phenoxy) is 1. The van der Waals surface area contributed by atoms with E-state index in [9.17, 15) is 0 Å². The number of nitrogens with zero attached hydrogens (tertiary/aromatic N) is 4. The van der Waals surface area contributed by atoms with E-state index >= 15 is 0 Å². The summed E-state index contributed by atoms with van der Waals surface area (Å²) in [5.74, 6) is 2.28. The second-order valence-electron chi connectivity index (χ2n) is 7.36. The number of hydrogen-bond acceptors (Lipinski definition) is 5. The van der Waals surface area contributed by atoms with E-state index in [1.54, 1.807) is 6.20 Å². The SMILES string of the molecule is CN=C(NCC(C)CN1CCOCC1)NC1CCN(c2ncccc2Cl)C1. The lowest BCUT2D eigenvalue weighted by molar-refractivity contribution is 0.0320. The molecule has 0 aromatic carbocycles. The molecule has 0 amide bonds. The molecule has 2 aliphatic heterocycles. The third-order valence-electron chi connectivity index (χ3n) is 5.08. The lowest BCUT2D eigenvalue weighted by Gasteiger charge is -2.29. The number of anilines is 1. The smallest absolute Gasteiger partial charge is 0.191 e. The molecule has 1 aromatic rings. The van der Waals surface area contributed by atoms with Gasteiger partial charge in [0.2, 0.25) is 0 Å². The first kappa shape index (κ1) is 20.2. The van der Waals surface area contributed by atoms with Crippen molar-refractivity contribution in [3.05, 3.63) is 23.4 Å². The molecule has 3 rings (SSSR count). The van der Waals surface area contributed by atoms with E-state index in [1.165, 1.54) is 0 Å². The van der Waals surface area contributed by atoms with Crippen molar-refractivity contribution < 1.29 is 4.74 Å². The van der Waals surface area contributed by atoms with Crippen LogP contribution in [-0.4, -0.2) is 81.4 Å². The molecule has 3 heterocycles. The van der Waals surface area contributed by atoms with Crippen LogP contribution >= 0.6 is 11.6 Å². The molecular formula is C19H31ClN6O. The maximum atomic E-state index is 6.28. The van der Waals surface area contributed by atoms with Gasteiger partial charge in [0, 0.05) is 58.6 Å². The predicted octanol–water partition coefficient (Wildman–Crippen LogP) is 1.45. The fourth-order valence-electron chi connectivity index (χ4n) is 3.63. The standard InChI is InChI=1S/C19H31ClN6O/c1-15(13-25-8-10-27-11-9-25)12-23-19(21-2)24-16-5-7-26(14-16)18-17(20)4-3-6-22-18/h3-4,6,15-16H,5,7-14H2,1-2H3,(H2,21,23,24). The molecule has 2 aliphatic rings. The van der Waals surface area contributed by atoms with Crippen LogP contribution in [0.4, 0.5) is 5.82 Å². The lowest BCUT2D eigenvalue weighted by atomic mass is 10.1. The average Bonchev–Trinajstić information content (AvgIpc) is 3.14. The Hall–Kier alpha value is -1.57. The maximum Gasteiger partial charge on any atom is 0.191 e. The van der Waals surface area contributed by atoms with E-state index < -0.39 is 0 Å². The molecule has 2 atom stereocenters. The quantitative estimate of drug-likeness (QED) is 0.562. The summed E-state index contributed by atoms with van der Waals surface area (Å²) in [7, 11) is 1.82. The van der Waals surface area contributed by atoms with Crippen molar-refractivity contribution in [3.8, 4) is 0 Å². The van der Waals surface area contributed by atoms with Crippen LogP contribution in [0.25, 0.3) is 0 Å². The molecule has 0 aliphatic carbocycles. The van der Waals surface area contributed by atoms with Gasteiger partial charge < -0.3 is 20.3 Å². The number of nitrogens with one attached hydrogen (secondary N) is 2. The van der Waals surface area contributed by atoms with Crippen molar-refractivity contribution in [2.24, 2.45) is 10.9 Å². The highest BCUT2D eigenvalue weighted by molar-refractivity contribution is 6.32. The zero-order valence-corrected chi connectivity index (χ0v) is 17.1. The monoisotopic (exact) mass is 394 g/mol. The molecule has 2 fully saturated rings. The Balaban J connectivity index is 1.42. The van der Waals surface area contributed by atoms with Gasteiger partial charge in [0.15, 0.2) is 5.96 Å². The van der Waals surface area contributed by atoms with Crippen LogP contribution in [0.1, 0.15) is 13.3 Å². The van der Waals surface area contributed by atoms with Gasteiger partial charge in [-0.3, -0.25) is 9.89 Å². The van der Waals surface area contributed by atoms with Gasteiger partial charge in [-0.25, -0.2) is 4.98 Å². The number of morpholine rings is 1. The van der Waals surface area contributed by atoms with E-state index in [2.05, 4.69) is 37.3 Å². The zero-order chi connectivity index (χ0) is 19.1. The maximum absolute atomic E-state index is 6.28. The first-order valence-corrected chi connectivity index (χ1v) is 10.2. The lowest BCUT2D eigenvalue weighted by Crippen LogP contribution is -2.47. The molecule has 2 N–H and O–H groups in total. The summed E-state index contributed by atoms with van der Waals surface area (Å²) in [4.78, 5) is 13.5. The average molecular weight is 395 g/mol. The number of aliphatic imine (C=N–C) groups is 1. The fourth-order valence-corrected chi connectivity index (χ4v) is 3.87. The second-order valence-corrected chi connectivity index (χ2v) is 7.76. The molecule has 2 saturated heterocycles. The van der Waals surface area contributed by atoms with E-state index in [4.69, 9.17) is 16.3 Å². The van der Waals surface area contributed by atoms with Gasteiger partial charge in [-0.2, -0.15) is 0 Å². The first-order chi connectivity index (χ1) is 13.2. The van der Waals surface area contributed by atoms with Gasteiger partial charge in [0.1, 0.15) is 5.82 Å². The Morgan fingerprint density at radius 1 is 1.41 bits per heavy atom. The van der Waals surface area contributed by atoms with Crippen LogP contribution in [0.5, 0.6) is 0 Å². The van der Waals surface area contributed by atoms with Crippen LogP contribution in [-0.2, 0) is 4.74 Å². The Bertz CT molecular complexity index is 622. The molecule has 0 saturated carbocycles. The second kappa shape index (κ2) is 10.1. The third kappa shape index (κ3) is 5.96. The Labute approximate surface area is 167 Å². The Morgan fingerprint density at radius 2 is 2.22 bits per heavy atom. The largest absolute Gasteiger partial charge is 0.379 e. The van der Waals surface area contributed by atoms with Gasteiger partial charge in [-0.1, -0.05) is 18.5 Å². The van der Waals surface area contributed by atoms with Crippen molar-refractivity contribution in [2.45, 2.75) is 19.4 Å². The zero-order valence-electron chi connectivity index (χ0n) is 16.3. The van der Waals surface area contributed by atoms with Gasteiger partial charge in [-0.05, 0) is 24.5 Å². The summed E-state index contributed by atoms with van der Waals surface area (Å²) in [6.45, 7) is 9.85. The number of halogens is 1. The summed E-state index contributed by atoms with van der Waals surface area (Å²) in [6.07, 6.45) is 2.83. The van der Waals surface area contributed by atoms with E-state index in [0.717, 1.165) is 70.7 Å². The number of aromatic nitrogens is 1. The highest BCUT2D eigenvalue weighted by Gasteiger charge is 2.25. The number of hydrogen-bond donors (Lipinski definition) is 2. The van der Waals surface area contributed by atoms with Crippen LogP contribution in [0.3, 0.4) is 0 Å². The van der Waals surface area contributed by atoms with Crippen molar-refractivity contribution in [1.82, 2.24) is 20.5 Å². The molecule has 7 nitrogen and oxygen atoms in total. The molecule has 0 bridgehead atoms. The molecule has 0 spiro atoms. The van der Waals surface area contributed by atoms with Crippen molar-refractivity contribution >= 4 is 23.4 Å². The fraction of sp³-hybridized carbons (Fsp3) is 0.684. The van der Waals surface area contributed by atoms with E-state index in [1.807, 2.05) is 19.2 Å². The van der Waals surface area contributed by atoms with Crippen LogP contribution in [0.2, 0.25) is 5.02 Å². The molecule has 2 unspecified atom stereocenters. The Kier molecular flexibility index (Phi) is 7.55. The van der Waals surface area contributed by atoms with Gasteiger partial charge in [-0.15, -0.1) is 0 Å². The van der Waals surface area contributed by atoms with Gasteiger partial charge in [0.05, 0.1) is 18.2 Å². The van der Waals surface area contributed by atoms with Crippen LogP contribution in [0, 0.1) is 5.92 Å². The first-order valence-electron chi connectivity index (χ1n) is 9.78. The minimum Gasteiger partial charge on any atom is -0.379 e. The minimum absolute atomic E-state index is 0.337. The number of guanidine groups is 1. The predicted molar refractivity (Wildman–Crippen MR) is 111 cm³/mol. The minimum atomic E-state index is 0.337. The van der Waals surface area contributed by atoms with Crippen molar-refractivity contribution in [3.63, 3.8) is 0 Å². The summed E-state index contributed by atoms with van der Waals surface area (Å²) >= 11 is 6.28. The Morgan fingerprint density at radius 3 is 2.96 bits per heavy atom. The number of rotatable bonds is 6. The normalized spacial score (nSPS) is 22.7. The van der Waals surface area contributed by atoms with Gasteiger partial charge in [0.25, 0.3) is 0 Å². The van der Waals surface area contributed by atoms with Crippen LogP contribution in [0.15, 0.2) is 23.3 Å². The topological polar surface area (TPSA) is 65.0 Å². The van der Waals surface area contributed by atoms with E-state index in [-0.39, 0.29) is 0 Å². The van der Waals surface area contributed by atoms with E-state index in [0.29, 0.717) is 17.0 Å². The highest BCUT2D eigenvalue weighted by atomic mass is 35.5. The van der Waals surface area contributed by atoms with Crippen LogP contribution < -0.4 is 15.5 Å². The molecule has 0 radical (unpaired) electrons. The molecule has 1 aromatic heterocycles. The molecule has 27 heavy (non-hydrogen) atoms. The summed E-state index contributed by atoms with van der Waals surface area (Å²) < 4.78 is 5.42. The number of pyridine rings is 1.